The predicted octanol–water partition coefficient (Wildman–Crippen LogP) is 1.66. The highest BCUT2D eigenvalue weighted by Gasteiger charge is 2.22. The van der Waals surface area contributed by atoms with Gasteiger partial charge in [-0.25, -0.2) is 8.42 Å². The van der Waals surface area contributed by atoms with Crippen LogP contribution >= 0.6 is 0 Å². The van der Waals surface area contributed by atoms with Gasteiger partial charge in [0.25, 0.3) is 15.9 Å². The van der Waals surface area contributed by atoms with Crippen LogP contribution in [-0.2, 0) is 14.8 Å². The Kier molecular flexibility index (Phi) is 6.93. The molecule has 2 rings (SSSR count). The summed E-state index contributed by atoms with van der Waals surface area (Å²) in [6.07, 6.45) is 3.44. The molecular weight excluding hydrogens is 358 g/mol. The second-order valence-corrected chi connectivity index (χ2v) is 6.97. The summed E-state index contributed by atoms with van der Waals surface area (Å²) in [6.45, 7) is 0.888. The van der Waals surface area contributed by atoms with Crippen molar-refractivity contribution >= 4 is 21.6 Å². The molecule has 9 heteroatoms. The van der Waals surface area contributed by atoms with E-state index in [4.69, 9.17) is 9.47 Å². The minimum Gasteiger partial charge on any atom is -0.495 e. The number of anilines is 1. The summed E-state index contributed by atoms with van der Waals surface area (Å²) in [5.74, 6) is -0.0554. The maximum Gasteiger partial charge on any atom is 0.262 e. The summed E-state index contributed by atoms with van der Waals surface area (Å²) in [5, 5.41) is 2.68. The van der Waals surface area contributed by atoms with Gasteiger partial charge < -0.3 is 14.8 Å². The number of amides is 1. The maximum atomic E-state index is 12.7. The summed E-state index contributed by atoms with van der Waals surface area (Å²) in [6, 6.07) is 7.50. The first-order chi connectivity index (χ1) is 12.5. The van der Waals surface area contributed by atoms with Crippen LogP contribution in [0.1, 0.15) is 16.8 Å². The Labute approximate surface area is 152 Å². The van der Waals surface area contributed by atoms with E-state index in [1.807, 2.05) is 0 Å². The van der Waals surface area contributed by atoms with E-state index in [1.54, 1.807) is 19.2 Å². The first kappa shape index (κ1) is 19.7. The molecular formula is C17H21N3O5S. The molecule has 1 heterocycles. The normalized spacial score (nSPS) is 11.0. The second kappa shape index (κ2) is 9.16. The van der Waals surface area contributed by atoms with Crippen LogP contribution in [0.15, 0.2) is 47.6 Å². The Hall–Kier alpha value is -2.65. The van der Waals surface area contributed by atoms with Crippen LogP contribution < -0.4 is 14.8 Å². The summed E-state index contributed by atoms with van der Waals surface area (Å²) >= 11 is 0. The first-order valence-corrected chi connectivity index (χ1v) is 9.34. The summed E-state index contributed by atoms with van der Waals surface area (Å²) in [7, 11) is -0.951. The zero-order valence-corrected chi connectivity index (χ0v) is 15.4. The fourth-order valence-corrected chi connectivity index (χ4v) is 3.44. The molecule has 0 spiro atoms. The molecule has 1 aromatic heterocycles. The van der Waals surface area contributed by atoms with Gasteiger partial charge in [0.2, 0.25) is 0 Å². The minimum atomic E-state index is -3.98. The molecule has 26 heavy (non-hydrogen) atoms. The third-order valence-corrected chi connectivity index (χ3v) is 4.87. The van der Waals surface area contributed by atoms with Crippen LogP contribution in [0.25, 0.3) is 0 Å². The number of aromatic nitrogens is 1. The Bertz CT molecular complexity index is 855. The molecule has 140 valence electrons. The Balaban J connectivity index is 2.22. The topological polar surface area (TPSA) is 107 Å². The van der Waals surface area contributed by atoms with Gasteiger partial charge in [-0.05, 0) is 18.6 Å². The molecule has 2 N–H and O–H groups in total. The highest BCUT2D eigenvalue weighted by Crippen LogP contribution is 2.21. The molecule has 0 saturated heterocycles. The van der Waals surface area contributed by atoms with Crippen molar-refractivity contribution in [3.05, 3.63) is 48.3 Å². The molecule has 0 unspecified atom stereocenters. The van der Waals surface area contributed by atoms with E-state index >= 15 is 0 Å². The van der Waals surface area contributed by atoms with Crippen molar-refractivity contribution in [1.29, 1.82) is 0 Å². The maximum absolute atomic E-state index is 12.7. The first-order valence-electron chi connectivity index (χ1n) is 7.86. The molecule has 0 aliphatic rings. The number of nitrogens with one attached hydrogen (secondary N) is 2. The van der Waals surface area contributed by atoms with Crippen molar-refractivity contribution in [3.8, 4) is 5.75 Å². The van der Waals surface area contributed by atoms with Crippen LogP contribution in [0.3, 0.4) is 0 Å². The van der Waals surface area contributed by atoms with Gasteiger partial charge in [0.1, 0.15) is 10.6 Å². The summed E-state index contributed by atoms with van der Waals surface area (Å²) in [5.41, 5.74) is 0.299. The minimum absolute atomic E-state index is 0.0632. The van der Waals surface area contributed by atoms with E-state index in [0.29, 0.717) is 25.3 Å². The smallest absolute Gasteiger partial charge is 0.262 e. The number of methoxy groups -OCH3 is 2. The summed E-state index contributed by atoms with van der Waals surface area (Å²) in [4.78, 5) is 16.1. The monoisotopic (exact) mass is 379 g/mol. The standard InChI is InChI=1S/C17H21N3O5S/c1-24-9-5-8-19-17(21)15-6-3-4-7-16(15)26(22,23)20-13-10-14(25-2)12-18-11-13/h3-4,6-7,10-12,20H,5,8-9H2,1-2H3,(H,19,21). The highest BCUT2D eigenvalue weighted by atomic mass is 32.2. The third-order valence-electron chi connectivity index (χ3n) is 3.43. The van der Waals surface area contributed by atoms with Crippen molar-refractivity contribution in [3.63, 3.8) is 0 Å². The number of hydrogen-bond acceptors (Lipinski definition) is 6. The Morgan fingerprint density at radius 1 is 1.19 bits per heavy atom. The molecule has 0 aliphatic heterocycles. The van der Waals surface area contributed by atoms with Crippen LogP contribution in [0.2, 0.25) is 0 Å². The van der Waals surface area contributed by atoms with Crippen LogP contribution in [0.4, 0.5) is 5.69 Å². The fourth-order valence-electron chi connectivity index (χ4n) is 2.20. The molecule has 0 radical (unpaired) electrons. The number of benzene rings is 1. The lowest BCUT2D eigenvalue weighted by Gasteiger charge is -2.12. The fraction of sp³-hybridized carbons (Fsp3) is 0.294. The molecule has 0 atom stereocenters. The van der Waals surface area contributed by atoms with E-state index in [2.05, 4.69) is 15.0 Å². The van der Waals surface area contributed by atoms with Gasteiger partial charge in [0, 0.05) is 26.3 Å². The van der Waals surface area contributed by atoms with Gasteiger partial charge in [-0.1, -0.05) is 12.1 Å². The molecule has 0 saturated carbocycles. The van der Waals surface area contributed by atoms with Gasteiger partial charge in [0.05, 0.1) is 30.8 Å². The average molecular weight is 379 g/mol. The number of carbonyl (C=O) groups excluding carboxylic acids is 1. The zero-order valence-electron chi connectivity index (χ0n) is 14.6. The zero-order chi connectivity index (χ0) is 19.0. The number of nitrogens with zero attached hydrogens (tertiary/aromatic N) is 1. The van der Waals surface area contributed by atoms with E-state index < -0.39 is 15.9 Å². The number of sulfonamides is 1. The van der Waals surface area contributed by atoms with E-state index in [9.17, 15) is 13.2 Å². The molecule has 0 aliphatic carbocycles. The summed E-state index contributed by atoms with van der Waals surface area (Å²) < 4.78 is 37.8. The second-order valence-electron chi connectivity index (χ2n) is 5.32. The Morgan fingerprint density at radius 3 is 2.69 bits per heavy atom. The quantitative estimate of drug-likeness (QED) is 0.642. The largest absolute Gasteiger partial charge is 0.495 e. The average Bonchev–Trinajstić information content (AvgIpc) is 2.65. The number of carbonyl (C=O) groups is 1. The lowest BCUT2D eigenvalue weighted by molar-refractivity contribution is 0.0945. The van der Waals surface area contributed by atoms with Gasteiger partial charge in [-0.3, -0.25) is 14.5 Å². The molecule has 0 fully saturated rings. The number of rotatable bonds is 9. The third kappa shape index (κ3) is 5.17. The number of ether oxygens (including phenoxy) is 2. The van der Waals surface area contributed by atoms with E-state index in [-0.39, 0.29) is 16.1 Å². The van der Waals surface area contributed by atoms with Crippen LogP contribution in [0.5, 0.6) is 5.75 Å². The van der Waals surface area contributed by atoms with E-state index in [0.717, 1.165) is 0 Å². The lowest BCUT2D eigenvalue weighted by Crippen LogP contribution is -2.27. The SMILES string of the molecule is COCCCNC(=O)c1ccccc1S(=O)(=O)Nc1cncc(OC)c1. The predicted molar refractivity (Wildman–Crippen MR) is 96.9 cm³/mol. The van der Waals surface area contributed by atoms with Gasteiger partial charge in [-0.15, -0.1) is 0 Å². The van der Waals surface area contributed by atoms with Gasteiger partial charge >= 0.3 is 0 Å². The Morgan fingerprint density at radius 2 is 1.96 bits per heavy atom. The number of pyridine rings is 1. The van der Waals surface area contributed by atoms with Crippen molar-refractivity contribution in [2.75, 3.05) is 32.1 Å². The molecule has 1 aromatic carbocycles. The highest BCUT2D eigenvalue weighted by molar-refractivity contribution is 7.92. The molecule has 2 aromatic rings. The van der Waals surface area contributed by atoms with Crippen molar-refractivity contribution < 1.29 is 22.7 Å². The molecule has 1 amide bonds. The number of hydrogen-bond donors (Lipinski definition) is 2. The van der Waals surface area contributed by atoms with Gasteiger partial charge in [0.15, 0.2) is 0 Å². The van der Waals surface area contributed by atoms with Crippen molar-refractivity contribution in [2.24, 2.45) is 0 Å². The molecule has 0 bridgehead atoms. The van der Waals surface area contributed by atoms with Crippen LogP contribution in [0, 0.1) is 0 Å². The van der Waals surface area contributed by atoms with Crippen LogP contribution in [-0.4, -0.2) is 46.7 Å². The van der Waals surface area contributed by atoms with Crippen molar-refractivity contribution in [1.82, 2.24) is 10.3 Å². The molecule has 8 nitrogen and oxygen atoms in total. The lowest BCUT2D eigenvalue weighted by atomic mass is 10.2. The van der Waals surface area contributed by atoms with Crippen molar-refractivity contribution in [2.45, 2.75) is 11.3 Å². The van der Waals surface area contributed by atoms with E-state index in [1.165, 1.54) is 37.7 Å². The van der Waals surface area contributed by atoms with Gasteiger partial charge in [-0.2, -0.15) is 0 Å².